The van der Waals surface area contributed by atoms with Crippen molar-refractivity contribution < 1.29 is 4.79 Å². The Morgan fingerprint density at radius 1 is 1.21 bits per heavy atom. The molecule has 1 aliphatic carbocycles. The maximum absolute atomic E-state index is 13.5. The second-order valence-corrected chi connectivity index (χ2v) is 9.33. The van der Waals surface area contributed by atoms with Gasteiger partial charge in [-0.1, -0.05) is 12.8 Å². The molecule has 2 aromatic rings. The van der Waals surface area contributed by atoms with Gasteiger partial charge in [-0.05, 0) is 66.2 Å². The Bertz CT molecular complexity index is 914. The van der Waals surface area contributed by atoms with Gasteiger partial charge in [0.05, 0.1) is 0 Å². The molecule has 3 aliphatic rings. The topological polar surface area (TPSA) is 54.3 Å². The van der Waals surface area contributed by atoms with E-state index in [0.717, 1.165) is 63.0 Å². The van der Waals surface area contributed by atoms with E-state index in [1.165, 1.54) is 0 Å². The fourth-order valence-electron chi connectivity index (χ4n) is 5.27. The zero-order valence-corrected chi connectivity index (χ0v) is 16.9. The lowest BCUT2D eigenvalue weighted by molar-refractivity contribution is 0.0661. The Balaban J connectivity index is 1.49. The van der Waals surface area contributed by atoms with E-state index in [9.17, 15) is 9.59 Å². The van der Waals surface area contributed by atoms with E-state index in [1.807, 2.05) is 20.9 Å². The maximum Gasteiger partial charge on any atom is 0.263 e. The lowest BCUT2D eigenvalue weighted by atomic mass is 9.84. The van der Waals surface area contributed by atoms with Crippen molar-refractivity contribution in [1.82, 2.24) is 14.8 Å². The van der Waals surface area contributed by atoms with Crippen molar-refractivity contribution >= 4 is 17.2 Å². The summed E-state index contributed by atoms with van der Waals surface area (Å²) in [6, 6.07) is 6.14. The standard InChI is InChI=1S/C22H27N3O2S/c26-21(24(18-3-1-2-4-18)12-15-7-8-28-14-15)19-5-6-20-17-9-16(10-23-11-17)13-25(20)22(19)27/h5-8,14,16-18,23H,1-4,9-13H2/t16-,17+/m0/s1. The fraction of sp³-hybridized carbons (Fsp3) is 0.545. The van der Waals surface area contributed by atoms with Gasteiger partial charge in [-0.15, -0.1) is 0 Å². The molecule has 0 unspecified atom stereocenters. The van der Waals surface area contributed by atoms with Gasteiger partial charge in [-0.2, -0.15) is 11.3 Å². The molecule has 2 aliphatic heterocycles. The minimum Gasteiger partial charge on any atom is -0.331 e. The number of thiophene rings is 1. The van der Waals surface area contributed by atoms with Crippen LogP contribution in [0.5, 0.6) is 0 Å². The van der Waals surface area contributed by atoms with Gasteiger partial charge in [0, 0.05) is 37.3 Å². The molecule has 148 valence electrons. The zero-order valence-electron chi connectivity index (χ0n) is 16.1. The van der Waals surface area contributed by atoms with Crippen molar-refractivity contribution in [3.8, 4) is 0 Å². The monoisotopic (exact) mass is 397 g/mol. The molecule has 2 bridgehead atoms. The number of fused-ring (bicyclic) bond motifs is 4. The van der Waals surface area contributed by atoms with Crippen LogP contribution in [0.25, 0.3) is 0 Å². The van der Waals surface area contributed by atoms with Gasteiger partial charge < -0.3 is 14.8 Å². The van der Waals surface area contributed by atoms with Gasteiger partial charge in [0.1, 0.15) is 5.56 Å². The van der Waals surface area contributed by atoms with Crippen LogP contribution in [0, 0.1) is 5.92 Å². The minimum absolute atomic E-state index is 0.0904. The van der Waals surface area contributed by atoms with Crippen LogP contribution in [0.15, 0.2) is 33.8 Å². The van der Waals surface area contributed by atoms with Crippen molar-refractivity contribution in [2.45, 2.75) is 57.2 Å². The highest BCUT2D eigenvalue weighted by Crippen LogP contribution is 2.32. The highest BCUT2D eigenvalue weighted by Gasteiger charge is 2.34. The average molecular weight is 398 g/mol. The molecule has 1 N–H and O–H groups in total. The van der Waals surface area contributed by atoms with Crippen LogP contribution >= 0.6 is 11.3 Å². The Morgan fingerprint density at radius 3 is 2.86 bits per heavy atom. The number of carbonyl (C=O) groups excluding carboxylic acids is 1. The number of nitrogens with zero attached hydrogens (tertiary/aromatic N) is 2. The van der Waals surface area contributed by atoms with Gasteiger partial charge in [0.15, 0.2) is 0 Å². The summed E-state index contributed by atoms with van der Waals surface area (Å²) in [5, 5.41) is 7.62. The molecule has 28 heavy (non-hydrogen) atoms. The van der Waals surface area contributed by atoms with Crippen LogP contribution in [0.4, 0.5) is 0 Å². The lowest BCUT2D eigenvalue weighted by Gasteiger charge is -2.37. The fourth-order valence-corrected chi connectivity index (χ4v) is 5.93. The number of carbonyl (C=O) groups is 1. The first-order chi connectivity index (χ1) is 13.7. The predicted octanol–water partition coefficient (Wildman–Crippen LogP) is 3.20. The van der Waals surface area contributed by atoms with Crippen LogP contribution in [0.3, 0.4) is 0 Å². The highest BCUT2D eigenvalue weighted by atomic mass is 32.1. The van der Waals surface area contributed by atoms with Crippen molar-refractivity contribution in [2.75, 3.05) is 13.1 Å². The SMILES string of the molecule is O=C(c1ccc2n(c1=O)C[C@@H]1CNC[C@H]2C1)N(Cc1ccsc1)C1CCCC1. The second-order valence-electron chi connectivity index (χ2n) is 8.55. The summed E-state index contributed by atoms with van der Waals surface area (Å²) < 4.78 is 1.89. The number of aromatic nitrogens is 1. The summed E-state index contributed by atoms with van der Waals surface area (Å²) in [5.74, 6) is 0.791. The number of pyridine rings is 1. The van der Waals surface area contributed by atoms with Crippen LogP contribution in [0.2, 0.25) is 0 Å². The van der Waals surface area contributed by atoms with Crippen LogP contribution in [-0.2, 0) is 13.1 Å². The summed E-state index contributed by atoms with van der Waals surface area (Å²) in [6.45, 7) is 3.22. The summed E-state index contributed by atoms with van der Waals surface area (Å²) >= 11 is 1.65. The molecule has 0 aromatic carbocycles. The molecular formula is C22H27N3O2S. The van der Waals surface area contributed by atoms with Crippen molar-refractivity contribution in [2.24, 2.45) is 5.92 Å². The molecule has 1 amide bonds. The summed E-state index contributed by atoms with van der Waals surface area (Å²) in [4.78, 5) is 28.8. The molecule has 0 spiro atoms. The third-order valence-electron chi connectivity index (χ3n) is 6.70. The van der Waals surface area contributed by atoms with Gasteiger partial charge in [0.2, 0.25) is 0 Å². The largest absolute Gasteiger partial charge is 0.331 e. The predicted molar refractivity (Wildman–Crippen MR) is 111 cm³/mol. The Labute approximate surface area is 169 Å². The van der Waals surface area contributed by atoms with Crippen LogP contribution in [0.1, 0.15) is 59.6 Å². The molecule has 5 rings (SSSR count). The first-order valence-electron chi connectivity index (χ1n) is 10.5. The summed E-state index contributed by atoms with van der Waals surface area (Å²) in [6.07, 6.45) is 5.55. The first kappa shape index (κ1) is 18.1. The summed E-state index contributed by atoms with van der Waals surface area (Å²) in [7, 11) is 0. The number of hydrogen-bond donors (Lipinski definition) is 1. The van der Waals surface area contributed by atoms with E-state index in [1.54, 1.807) is 17.4 Å². The molecular weight excluding hydrogens is 370 g/mol. The first-order valence-corrected chi connectivity index (χ1v) is 11.4. The van der Waals surface area contributed by atoms with Gasteiger partial charge in [-0.3, -0.25) is 9.59 Å². The third-order valence-corrected chi connectivity index (χ3v) is 7.43. The van der Waals surface area contributed by atoms with Gasteiger partial charge >= 0.3 is 0 Å². The number of amides is 1. The highest BCUT2D eigenvalue weighted by molar-refractivity contribution is 7.07. The average Bonchev–Trinajstić information content (AvgIpc) is 3.41. The lowest BCUT2D eigenvalue weighted by Crippen LogP contribution is -2.47. The van der Waals surface area contributed by atoms with Crippen molar-refractivity contribution in [3.05, 3.63) is 56.1 Å². The third kappa shape index (κ3) is 3.22. The van der Waals surface area contributed by atoms with Crippen molar-refractivity contribution in [3.63, 3.8) is 0 Å². The second kappa shape index (κ2) is 7.48. The van der Waals surface area contributed by atoms with E-state index in [-0.39, 0.29) is 17.5 Å². The molecule has 2 fully saturated rings. The zero-order chi connectivity index (χ0) is 19.1. The molecule has 2 atom stereocenters. The van der Waals surface area contributed by atoms with Gasteiger partial charge in [0.25, 0.3) is 11.5 Å². The smallest absolute Gasteiger partial charge is 0.263 e. The van der Waals surface area contributed by atoms with E-state index in [4.69, 9.17) is 0 Å². The quantitative estimate of drug-likeness (QED) is 0.862. The van der Waals surface area contributed by atoms with Gasteiger partial charge in [-0.25, -0.2) is 0 Å². The van der Waals surface area contributed by atoms with Crippen molar-refractivity contribution in [1.29, 1.82) is 0 Å². The van der Waals surface area contributed by atoms with E-state index >= 15 is 0 Å². The number of hydrogen-bond acceptors (Lipinski definition) is 4. The Kier molecular flexibility index (Phi) is 4.85. The van der Waals surface area contributed by atoms with E-state index < -0.39 is 0 Å². The Morgan fingerprint density at radius 2 is 2.07 bits per heavy atom. The molecule has 1 saturated heterocycles. The Hall–Kier alpha value is -1.92. The normalized spacial score (nSPS) is 24.1. The molecule has 2 aromatic heterocycles. The number of rotatable bonds is 4. The maximum atomic E-state index is 13.5. The molecule has 0 radical (unpaired) electrons. The van der Waals surface area contributed by atoms with Crippen LogP contribution < -0.4 is 10.9 Å². The number of nitrogens with one attached hydrogen (secondary N) is 1. The molecule has 1 saturated carbocycles. The molecule has 5 nitrogen and oxygen atoms in total. The molecule has 6 heteroatoms. The minimum atomic E-state index is -0.0905. The van der Waals surface area contributed by atoms with E-state index in [2.05, 4.69) is 16.8 Å². The molecule has 4 heterocycles. The number of piperidine rings is 1. The van der Waals surface area contributed by atoms with Crippen LogP contribution in [-0.4, -0.2) is 34.5 Å². The van der Waals surface area contributed by atoms with E-state index in [0.29, 0.717) is 23.9 Å². The summed E-state index contributed by atoms with van der Waals surface area (Å²) in [5.41, 5.74) is 2.50.